The SMILES string of the molecule is COCCCN(Cc1ccccn1)Cc1ccc(C)s1. The predicted octanol–water partition coefficient (Wildman–Crippen LogP) is 3.49. The number of aromatic nitrogens is 1. The van der Waals surface area contributed by atoms with Gasteiger partial charge < -0.3 is 4.74 Å². The van der Waals surface area contributed by atoms with Crippen molar-refractivity contribution in [2.75, 3.05) is 20.3 Å². The Labute approximate surface area is 125 Å². The van der Waals surface area contributed by atoms with Crippen LogP contribution in [0.5, 0.6) is 0 Å². The minimum Gasteiger partial charge on any atom is -0.385 e. The summed E-state index contributed by atoms with van der Waals surface area (Å²) < 4.78 is 5.16. The number of ether oxygens (including phenoxy) is 1. The molecule has 2 rings (SSSR count). The molecule has 2 aromatic heterocycles. The molecule has 0 aliphatic rings. The van der Waals surface area contributed by atoms with Gasteiger partial charge in [-0.05, 0) is 37.6 Å². The highest BCUT2D eigenvalue weighted by molar-refractivity contribution is 7.11. The lowest BCUT2D eigenvalue weighted by Gasteiger charge is -2.21. The van der Waals surface area contributed by atoms with Crippen LogP contribution in [0.25, 0.3) is 0 Å². The number of pyridine rings is 1. The smallest absolute Gasteiger partial charge is 0.0544 e. The van der Waals surface area contributed by atoms with Crippen LogP contribution in [0, 0.1) is 6.92 Å². The molecule has 0 saturated carbocycles. The van der Waals surface area contributed by atoms with Gasteiger partial charge in [-0.25, -0.2) is 0 Å². The van der Waals surface area contributed by atoms with Crippen molar-refractivity contribution in [3.63, 3.8) is 0 Å². The molecule has 2 aromatic rings. The van der Waals surface area contributed by atoms with Crippen molar-refractivity contribution >= 4 is 11.3 Å². The molecule has 3 nitrogen and oxygen atoms in total. The quantitative estimate of drug-likeness (QED) is 0.696. The van der Waals surface area contributed by atoms with Crippen LogP contribution < -0.4 is 0 Å². The summed E-state index contributed by atoms with van der Waals surface area (Å²) in [7, 11) is 1.76. The molecular formula is C16H22N2OS. The second-order valence-corrected chi connectivity index (χ2v) is 6.26. The lowest BCUT2D eigenvalue weighted by atomic mass is 10.3. The van der Waals surface area contributed by atoms with Crippen LogP contribution >= 0.6 is 11.3 Å². The Morgan fingerprint density at radius 1 is 1.20 bits per heavy atom. The number of nitrogens with zero attached hydrogens (tertiary/aromatic N) is 2. The van der Waals surface area contributed by atoms with Crippen molar-refractivity contribution in [2.24, 2.45) is 0 Å². The van der Waals surface area contributed by atoms with Crippen molar-refractivity contribution in [3.8, 4) is 0 Å². The fraction of sp³-hybridized carbons (Fsp3) is 0.438. The van der Waals surface area contributed by atoms with Gasteiger partial charge in [-0.3, -0.25) is 9.88 Å². The molecule has 0 aliphatic heterocycles. The van der Waals surface area contributed by atoms with Gasteiger partial charge in [0.25, 0.3) is 0 Å². The Kier molecular flexibility index (Phi) is 6.18. The summed E-state index contributed by atoms with van der Waals surface area (Å²) in [5.74, 6) is 0. The van der Waals surface area contributed by atoms with Gasteiger partial charge in [0, 0.05) is 49.3 Å². The van der Waals surface area contributed by atoms with E-state index in [2.05, 4.69) is 35.0 Å². The number of methoxy groups -OCH3 is 1. The van der Waals surface area contributed by atoms with E-state index >= 15 is 0 Å². The first-order valence-electron chi connectivity index (χ1n) is 6.94. The lowest BCUT2D eigenvalue weighted by molar-refractivity contribution is 0.166. The molecule has 0 amide bonds. The summed E-state index contributed by atoms with van der Waals surface area (Å²) in [6.07, 6.45) is 2.91. The van der Waals surface area contributed by atoms with Crippen molar-refractivity contribution in [3.05, 3.63) is 52.0 Å². The normalized spacial score (nSPS) is 11.2. The molecule has 4 heteroatoms. The predicted molar refractivity (Wildman–Crippen MR) is 83.9 cm³/mol. The van der Waals surface area contributed by atoms with E-state index in [1.165, 1.54) is 9.75 Å². The highest BCUT2D eigenvalue weighted by atomic mass is 32.1. The number of hydrogen-bond acceptors (Lipinski definition) is 4. The van der Waals surface area contributed by atoms with E-state index in [-0.39, 0.29) is 0 Å². The molecule has 2 heterocycles. The summed E-state index contributed by atoms with van der Waals surface area (Å²) in [5.41, 5.74) is 1.12. The van der Waals surface area contributed by atoms with Gasteiger partial charge in [0.05, 0.1) is 5.69 Å². The van der Waals surface area contributed by atoms with E-state index < -0.39 is 0 Å². The van der Waals surface area contributed by atoms with Gasteiger partial charge in [0.1, 0.15) is 0 Å². The lowest BCUT2D eigenvalue weighted by Crippen LogP contribution is -2.24. The Balaban J connectivity index is 1.96. The summed E-state index contributed by atoms with van der Waals surface area (Å²) in [5, 5.41) is 0. The van der Waals surface area contributed by atoms with E-state index in [1.54, 1.807) is 7.11 Å². The number of hydrogen-bond donors (Lipinski definition) is 0. The van der Waals surface area contributed by atoms with Crippen molar-refractivity contribution in [1.29, 1.82) is 0 Å². The second kappa shape index (κ2) is 8.15. The van der Waals surface area contributed by atoms with Gasteiger partial charge in [-0.2, -0.15) is 0 Å². The van der Waals surface area contributed by atoms with Crippen molar-refractivity contribution < 1.29 is 4.74 Å². The number of rotatable bonds is 8. The van der Waals surface area contributed by atoms with Crippen LogP contribution in [0.4, 0.5) is 0 Å². The maximum absolute atomic E-state index is 5.16. The highest BCUT2D eigenvalue weighted by Gasteiger charge is 2.09. The maximum Gasteiger partial charge on any atom is 0.0544 e. The van der Waals surface area contributed by atoms with E-state index in [4.69, 9.17) is 4.74 Å². The summed E-state index contributed by atoms with van der Waals surface area (Å²) in [4.78, 5) is 9.64. The average Bonchev–Trinajstić information content (AvgIpc) is 2.85. The molecule has 20 heavy (non-hydrogen) atoms. The Hall–Kier alpha value is -1.23. The Morgan fingerprint density at radius 2 is 2.10 bits per heavy atom. The van der Waals surface area contributed by atoms with Crippen LogP contribution in [-0.2, 0) is 17.8 Å². The molecule has 108 valence electrons. The molecule has 0 bridgehead atoms. The van der Waals surface area contributed by atoms with Crippen molar-refractivity contribution in [1.82, 2.24) is 9.88 Å². The third-order valence-electron chi connectivity index (χ3n) is 3.11. The average molecular weight is 290 g/mol. The van der Waals surface area contributed by atoms with E-state index in [0.29, 0.717) is 0 Å². The molecule has 0 fully saturated rings. The number of aryl methyl sites for hydroxylation is 1. The first-order chi connectivity index (χ1) is 9.78. The largest absolute Gasteiger partial charge is 0.385 e. The van der Waals surface area contributed by atoms with Gasteiger partial charge >= 0.3 is 0 Å². The van der Waals surface area contributed by atoms with Gasteiger partial charge in [0.15, 0.2) is 0 Å². The second-order valence-electron chi connectivity index (χ2n) is 4.89. The minimum absolute atomic E-state index is 0.808. The first-order valence-corrected chi connectivity index (χ1v) is 7.76. The standard InChI is InChI=1S/C16H22N2OS/c1-14-7-8-16(20-14)13-18(10-5-11-19-2)12-15-6-3-4-9-17-15/h3-4,6-9H,5,10-13H2,1-2H3. The first kappa shape index (κ1) is 15.2. The molecule has 0 atom stereocenters. The molecule has 0 aromatic carbocycles. The molecule has 0 unspecified atom stereocenters. The van der Waals surface area contributed by atoms with Crippen LogP contribution in [0.15, 0.2) is 36.5 Å². The molecule has 0 spiro atoms. The fourth-order valence-corrected chi connectivity index (χ4v) is 3.09. The zero-order valence-corrected chi connectivity index (χ0v) is 13.0. The van der Waals surface area contributed by atoms with Crippen LogP contribution in [0.2, 0.25) is 0 Å². The van der Waals surface area contributed by atoms with Gasteiger partial charge in [-0.1, -0.05) is 6.07 Å². The minimum atomic E-state index is 0.808. The highest BCUT2D eigenvalue weighted by Crippen LogP contribution is 2.18. The van der Waals surface area contributed by atoms with Gasteiger partial charge in [-0.15, -0.1) is 11.3 Å². The Morgan fingerprint density at radius 3 is 2.75 bits per heavy atom. The monoisotopic (exact) mass is 290 g/mol. The third kappa shape index (κ3) is 5.04. The summed E-state index contributed by atoms with van der Waals surface area (Å²) in [6, 6.07) is 10.5. The van der Waals surface area contributed by atoms with Gasteiger partial charge in [0.2, 0.25) is 0 Å². The fourth-order valence-electron chi connectivity index (χ4n) is 2.16. The summed E-state index contributed by atoms with van der Waals surface area (Å²) in [6.45, 7) is 5.87. The zero-order chi connectivity index (χ0) is 14.2. The van der Waals surface area contributed by atoms with E-state index in [9.17, 15) is 0 Å². The van der Waals surface area contributed by atoms with Crippen LogP contribution in [-0.4, -0.2) is 30.1 Å². The topological polar surface area (TPSA) is 25.4 Å². The van der Waals surface area contributed by atoms with Crippen molar-refractivity contribution in [2.45, 2.75) is 26.4 Å². The van der Waals surface area contributed by atoms with E-state index in [0.717, 1.165) is 38.4 Å². The zero-order valence-electron chi connectivity index (χ0n) is 12.2. The molecule has 0 saturated heterocycles. The molecule has 0 N–H and O–H groups in total. The number of thiophene rings is 1. The van der Waals surface area contributed by atoms with E-state index in [1.807, 2.05) is 29.7 Å². The molecule has 0 aliphatic carbocycles. The summed E-state index contributed by atoms with van der Waals surface area (Å²) >= 11 is 1.87. The maximum atomic E-state index is 5.16. The molecule has 0 radical (unpaired) electrons. The Bertz CT molecular complexity index is 498. The van der Waals surface area contributed by atoms with Crippen LogP contribution in [0.1, 0.15) is 21.9 Å². The third-order valence-corrected chi connectivity index (χ3v) is 4.10. The van der Waals surface area contributed by atoms with Crippen LogP contribution in [0.3, 0.4) is 0 Å². The molecular weight excluding hydrogens is 268 g/mol.